The van der Waals surface area contributed by atoms with Gasteiger partial charge in [0.15, 0.2) is 11.6 Å². The summed E-state index contributed by atoms with van der Waals surface area (Å²) in [5.74, 6) is -6.41. The first kappa shape index (κ1) is 23.1. The number of carbonyl (C=O) groups excluding carboxylic acids is 4. The number of anilines is 1. The Morgan fingerprint density at radius 2 is 1.94 bits per heavy atom. The summed E-state index contributed by atoms with van der Waals surface area (Å²) in [5, 5.41) is 14.6. The van der Waals surface area contributed by atoms with Gasteiger partial charge in [-0.25, -0.2) is 4.39 Å². The topological polar surface area (TPSA) is 130 Å². The molecule has 6 unspecified atom stereocenters. The summed E-state index contributed by atoms with van der Waals surface area (Å²) in [5.41, 5.74) is 5.70. The van der Waals surface area contributed by atoms with Crippen LogP contribution in [0.25, 0.3) is 0 Å². The summed E-state index contributed by atoms with van der Waals surface area (Å²) < 4.78 is 16.0. The van der Waals surface area contributed by atoms with Crippen molar-refractivity contribution in [3.63, 3.8) is 0 Å². The Morgan fingerprint density at radius 1 is 1.24 bits per heavy atom. The van der Waals surface area contributed by atoms with Crippen LogP contribution in [0.3, 0.4) is 0 Å². The zero-order chi connectivity index (χ0) is 24.7. The lowest BCUT2D eigenvalue weighted by Crippen LogP contribution is -2.63. The lowest BCUT2D eigenvalue weighted by molar-refractivity contribution is -0.168. The number of Topliss-reactive ketones (excluding diaryl/α,β-unsaturated/α-hetero) is 3. The third kappa shape index (κ3) is 3.02. The molecular formula is C25H30FN3O5. The summed E-state index contributed by atoms with van der Waals surface area (Å²) in [7, 11) is 3.80. The zero-order valence-electron chi connectivity index (χ0n) is 19.6. The second kappa shape index (κ2) is 7.68. The number of carbonyl (C=O) groups is 4. The summed E-state index contributed by atoms with van der Waals surface area (Å²) in [6.45, 7) is 2.41. The molecule has 4 N–H and O–H groups in total. The molecule has 34 heavy (non-hydrogen) atoms. The summed E-state index contributed by atoms with van der Waals surface area (Å²) in [6, 6.07) is -0.132. The van der Waals surface area contributed by atoms with E-state index in [1.807, 2.05) is 19.0 Å². The monoisotopic (exact) mass is 471 g/mol. The van der Waals surface area contributed by atoms with Crippen LogP contribution in [0.5, 0.6) is 0 Å². The molecule has 0 radical (unpaired) electrons. The molecule has 3 aliphatic carbocycles. The fourth-order valence-corrected chi connectivity index (χ4v) is 6.92. The highest BCUT2D eigenvalue weighted by molar-refractivity contribution is 6.17. The van der Waals surface area contributed by atoms with Crippen LogP contribution in [0.4, 0.5) is 10.1 Å². The first-order chi connectivity index (χ1) is 16.0. The molecule has 0 bridgehead atoms. The highest BCUT2D eigenvalue weighted by atomic mass is 19.1. The van der Waals surface area contributed by atoms with Gasteiger partial charge in [0.05, 0.1) is 11.8 Å². The molecule has 1 aromatic rings. The number of nitrogens with one attached hydrogen (secondary N) is 1. The van der Waals surface area contributed by atoms with Crippen LogP contribution in [0.2, 0.25) is 0 Å². The molecule has 1 amide bonds. The fraction of sp³-hybridized carbons (Fsp3) is 0.600. The lowest BCUT2D eigenvalue weighted by Gasteiger charge is -2.50. The van der Waals surface area contributed by atoms with Crippen LogP contribution in [0, 0.1) is 36.4 Å². The number of hydrogen-bond donors (Lipinski definition) is 3. The van der Waals surface area contributed by atoms with Gasteiger partial charge in [-0.3, -0.25) is 19.2 Å². The molecule has 1 heterocycles. The number of aliphatic hydroxyl groups is 1. The predicted molar refractivity (Wildman–Crippen MR) is 121 cm³/mol. The second-order valence-electron chi connectivity index (χ2n) is 10.6. The maximum absolute atomic E-state index is 16.0. The van der Waals surface area contributed by atoms with Gasteiger partial charge >= 0.3 is 0 Å². The minimum atomic E-state index is -1.96. The van der Waals surface area contributed by atoms with Crippen LogP contribution in [-0.4, -0.2) is 59.5 Å². The Balaban J connectivity index is 1.60. The van der Waals surface area contributed by atoms with Crippen LogP contribution in [-0.2, 0) is 20.8 Å². The van der Waals surface area contributed by atoms with Gasteiger partial charge in [-0.05, 0) is 57.3 Å². The third-order valence-electron chi connectivity index (χ3n) is 8.63. The molecule has 0 spiro atoms. The fourth-order valence-electron chi connectivity index (χ4n) is 6.92. The molecule has 0 aromatic heterocycles. The number of hydrogen-bond acceptors (Lipinski definition) is 7. The van der Waals surface area contributed by atoms with Crippen molar-refractivity contribution in [2.24, 2.45) is 29.4 Å². The Labute approximate surface area is 197 Å². The summed E-state index contributed by atoms with van der Waals surface area (Å²) in [6.07, 6.45) is 0.611. The van der Waals surface area contributed by atoms with Gasteiger partial charge in [0.1, 0.15) is 17.2 Å². The number of rotatable bonds is 2. The number of ketones is 3. The average Bonchev–Trinajstić information content (AvgIpc) is 2.77. The highest BCUT2D eigenvalue weighted by Crippen LogP contribution is 2.52. The van der Waals surface area contributed by atoms with Crippen molar-refractivity contribution in [1.29, 1.82) is 0 Å². The molecule has 4 aliphatic rings. The van der Waals surface area contributed by atoms with Crippen molar-refractivity contribution >= 4 is 28.9 Å². The standard InChI is InChI=1S/C25H30FN3O5/c1-10-17-13(20(26)19-15(29(2)3)4-5-28-21(10)19)7-11-6-12-8-16(30)14(24(27)33)9-25(12,34)23(32)18(11)22(17)31/h11-12,14-15,18,28,34H,4-9H2,1-3H3,(H2,27,33). The quantitative estimate of drug-likeness (QED) is 0.555. The van der Waals surface area contributed by atoms with E-state index in [2.05, 4.69) is 5.32 Å². The van der Waals surface area contributed by atoms with Crippen molar-refractivity contribution in [3.8, 4) is 0 Å². The second-order valence-corrected chi connectivity index (χ2v) is 10.6. The summed E-state index contributed by atoms with van der Waals surface area (Å²) >= 11 is 0. The van der Waals surface area contributed by atoms with Crippen LogP contribution in [0.15, 0.2) is 0 Å². The maximum atomic E-state index is 16.0. The largest absolute Gasteiger partial charge is 0.384 e. The number of nitrogens with zero attached hydrogens (tertiary/aromatic N) is 1. The van der Waals surface area contributed by atoms with Crippen LogP contribution >= 0.6 is 0 Å². The number of benzene rings is 1. The zero-order valence-corrected chi connectivity index (χ0v) is 19.6. The van der Waals surface area contributed by atoms with Crippen LogP contribution < -0.4 is 11.1 Å². The van der Waals surface area contributed by atoms with Gasteiger partial charge in [-0.2, -0.15) is 0 Å². The maximum Gasteiger partial charge on any atom is 0.228 e. The number of primary amides is 1. The summed E-state index contributed by atoms with van der Waals surface area (Å²) in [4.78, 5) is 53.5. The van der Waals surface area contributed by atoms with Gasteiger partial charge < -0.3 is 21.1 Å². The van der Waals surface area contributed by atoms with Crippen molar-refractivity contribution in [1.82, 2.24) is 4.90 Å². The van der Waals surface area contributed by atoms with Crippen LogP contribution in [0.1, 0.15) is 58.8 Å². The van der Waals surface area contributed by atoms with E-state index in [9.17, 15) is 24.3 Å². The Kier molecular flexibility index (Phi) is 5.22. The SMILES string of the molecule is Cc1c2c(c(F)c3c1C(=O)C1C(=O)C4(O)CC(C(N)=O)C(=O)CC4CC1C3)C(N(C)C)CCN2. The smallest absolute Gasteiger partial charge is 0.228 e. The van der Waals surface area contributed by atoms with E-state index >= 15 is 4.39 Å². The first-order valence-electron chi connectivity index (χ1n) is 11.8. The number of fused-ring (bicyclic) bond motifs is 4. The first-order valence-corrected chi connectivity index (χ1v) is 11.8. The van der Waals surface area contributed by atoms with Crippen molar-refractivity contribution in [2.75, 3.05) is 26.0 Å². The lowest BCUT2D eigenvalue weighted by atomic mass is 9.54. The molecule has 5 rings (SSSR count). The molecule has 8 nitrogen and oxygen atoms in total. The minimum Gasteiger partial charge on any atom is -0.384 e. The molecular weight excluding hydrogens is 441 g/mol. The molecule has 2 fully saturated rings. The van der Waals surface area contributed by atoms with Crippen molar-refractivity contribution in [3.05, 3.63) is 28.1 Å². The molecule has 0 saturated heterocycles. The van der Waals surface area contributed by atoms with E-state index < -0.39 is 64.8 Å². The average molecular weight is 472 g/mol. The van der Waals surface area contributed by atoms with E-state index in [-0.39, 0.29) is 30.9 Å². The highest BCUT2D eigenvalue weighted by Gasteiger charge is 2.61. The Morgan fingerprint density at radius 3 is 2.59 bits per heavy atom. The van der Waals surface area contributed by atoms with Gasteiger partial charge in [0, 0.05) is 48.2 Å². The van der Waals surface area contributed by atoms with Gasteiger partial charge in [-0.1, -0.05) is 0 Å². The van der Waals surface area contributed by atoms with Crippen molar-refractivity contribution in [2.45, 2.75) is 50.7 Å². The van der Waals surface area contributed by atoms with E-state index in [0.717, 1.165) is 6.42 Å². The predicted octanol–water partition coefficient (Wildman–Crippen LogP) is 1.31. The van der Waals surface area contributed by atoms with E-state index in [1.165, 1.54) is 0 Å². The van der Waals surface area contributed by atoms with Gasteiger partial charge in [0.25, 0.3) is 0 Å². The molecule has 9 heteroatoms. The van der Waals surface area contributed by atoms with Gasteiger partial charge in [0.2, 0.25) is 5.91 Å². The normalized spacial score (nSPS) is 34.6. The minimum absolute atomic E-state index is 0.132. The molecule has 2 saturated carbocycles. The Hall–Kier alpha value is -2.65. The molecule has 1 aliphatic heterocycles. The Bertz CT molecular complexity index is 1150. The van der Waals surface area contributed by atoms with E-state index in [4.69, 9.17) is 5.73 Å². The number of halogens is 1. The van der Waals surface area contributed by atoms with Gasteiger partial charge in [-0.15, -0.1) is 0 Å². The molecule has 182 valence electrons. The molecule has 6 atom stereocenters. The number of amides is 1. The van der Waals surface area contributed by atoms with E-state index in [1.54, 1.807) is 6.92 Å². The number of nitrogens with two attached hydrogens (primary N) is 1. The van der Waals surface area contributed by atoms with E-state index in [0.29, 0.717) is 28.9 Å². The van der Waals surface area contributed by atoms with Crippen molar-refractivity contribution < 1.29 is 28.7 Å². The molecule has 1 aromatic carbocycles. The third-order valence-corrected chi connectivity index (χ3v) is 8.63.